The maximum atomic E-state index is 4.39. The predicted octanol–water partition coefficient (Wildman–Crippen LogP) is 1.80. The molecule has 0 atom stereocenters. The molecule has 1 aromatic heterocycles. The number of piperidine rings is 1. The second-order valence-corrected chi connectivity index (χ2v) is 7.54. The van der Waals surface area contributed by atoms with Gasteiger partial charge in [-0.3, -0.25) is 4.99 Å². The van der Waals surface area contributed by atoms with E-state index < -0.39 is 0 Å². The van der Waals surface area contributed by atoms with Crippen molar-refractivity contribution < 1.29 is 0 Å². The zero-order valence-corrected chi connectivity index (χ0v) is 16.5. The molecule has 2 N–H and O–H groups in total. The van der Waals surface area contributed by atoms with Gasteiger partial charge in [-0.05, 0) is 25.7 Å². The molecule has 26 heavy (non-hydrogen) atoms. The van der Waals surface area contributed by atoms with Gasteiger partial charge in [-0.2, -0.15) is 0 Å². The number of nitrogens with zero attached hydrogens (tertiary/aromatic N) is 5. The molecule has 3 rings (SSSR count). The number of likely N-dealkylation sites (tertiary alicyclic amines) is 1. The summed E-state index contributed by atoms with van der Waals surface area (Å²) in [5, 5.41) is 15.2. The third-order valence-corrected chi connectivity index (χ3v) is 5.84. The summed E-state index contributed by atoms with van der Waals surface area (Å²) in [7, 11) is 1.85. The Morgan fingerprint density at radius 2 is 1.96 bits per heavy atom. The standard InChI is InChI=1S/C19H35N7/c1-3-18-24-22-15-26(18)14-11-21-19(20-2)23-16-9-12-25(13-10-16)17-7-5-4-6-8-17/h15-17H,3-14H2,1-2H3,(H2,20,21,23). The topological polar surface area (TPSA) is 70.4 Å². The molecule has 1 aromatic rings. The Kier molecular flexibility index (Phi) is 7.29. The van der Waals surface area contributed by atoms with Crippen LogP contribution < -0.4 is 10.6 Å². The van der Waals surface area contributed by atoms with Crippen molar-refractivity contribution in [2.75, 3.05) is 26.7 Å². The fraction of sp³-hybridized carbons (Fsp3) is 0.842. The van der Waals surface area contributed by atoms with Crippen LogP contribution in [0.3, 0.4) is 0 Å². The lowest BCUT2D eigenvalue weighted by molar-refractivity contribution is 0.119. The Morgan fingerprint density at radius 3 is 2.65 bits per heavy atom. The van der Waals surface area contributed by atoms with Crippen molar-refractivity contribution in [1.82, 2.24) is 30.3 Å². The highest BCUT2D eigenvalue weighted by atomic mass is 15.3. The van der Waals surface area contributed by atoms with Gasteiger partial charge in [0, 0.05) is 51.7 Å². The minimum absolute atomic E-state index is 0.530. The summed E-state index contributed by atoms with van der Waals surface area (Å²) in [6.07, 6.45) is 12.2. The van der Waals surface area contributed by atoms with Crippen LogP contribution in [-0.4, -0.2) is 64.4 Å². The zero-order valence-electron chi connectivity index (χ0n) is 16.5. The highest BCUT2D eigenvalue weighted by Gasteiger charge is 2.26. The van der Waals surface area contributed by atoms with Crippen molar-refractivity contribution in [2.24, 2.45) is 4.99 Å². The van der Waals surface area contributed by atoms with Gasteiger partial charge >= 0.3 is 0 Å². The zero-order chi connectivity index (χ0) is 18.2. The number of nitrogens with one attached hydrogen (secondary N) is 2. The summed E-state index contributed by atoms with van der Waals surface area (Å²) in [6, 6.07) is 1.38. The number of hydrogen-bond donors (Lipinski definition) is 2. The molecule has 2 heterocycles. The van der Waals surface area contributed by atoms with E-state index in [4.69, 9.17) is 0 Å². The van der Waals surface area contributed by atoms with Gasteiger partial charge in [0.25, 0.3) is 0 Å². The van der Waals surface area contributed by atoms with E-state index in [1.165, 1.54) is 58.0 Å². The van der Waals surface area contributed by atoms with Crippen molar-refractivity contribution in [3.05, 3.63) is 12.2 Å². The van der Waals surface area contributed by atoms with Gasteiger partial charge < -0.3 is 20.1 Å². The van der Waals surface area contributed by atoms with Crippen molar-refractivity contribution in [3.8, 4) is 0 Å². The first kappa shape index (κ1) is 19.1. The van der Waals surface area contributed by atoms with E-state index >= 15 is 0 Å². The summed E-state index contributed by atoms with van der Waals surface area (Å²) in [5.74, 6) is 1.94. The highest BCUT2D eigenvalue weighted by Crippen LogP contribution is 2.25. The van der Waals surface area contributed by atoms with E-state index in [1.54, 1.807) is 6.33 Å². The molecule has 7 nitrogen and oxygen atoms in total. The number of aryl methyl sites for hydroxylation is 1. The second kappa shape index (κ2) is 9.90. The average molecular weight is 362 g/mol. The molecule has 0 radical (unpaired) electrons. The summed E-state index contributed by atoms with van der Waals surface area (Å²) in [4.78, 5) is 7.12. The largest absolute Gasteiger partial charge is 0.355 e. The molecule has 7 heteroatoms. The van der Waals surface area contributed by atoms with Crippen LogP contribution in [0.4, 0.5) is 0 Å². The van der Waals surface area contributed by atoms with Crippen LogP contribution in [0.25, 0.3) is 0 Å². The van der Waals surface area contributed by atoms with Crippen LogP contribution in [0.5, 0.6) is 0 Å². The van der Waals surface area contributed by atoms with Crippen molar-refractivity contribution >= 4 is 5.96 Å². The first-order chi connectivity index (χ1) is 12.8. The van der Waals surface area contributed by atoms with Crippen LogP contribution in [0, 0.1) is 0 Å². The van der Waals surface area contributed by atoms with Crippen LogP contribution in [0.1, 0.15) is 57.7 Å². The molecule has 146 valence electrons. The van der Waals surface area contributed by atoms with Gasteiger partial charge in [-0.1, -0.05) is 26.2 Å². The Balaban J connectivity index is 1.37. The molecule has 1 aliphatic heterocycles. The van der Waals surface area contributed by atoms with Gasteiger partial charge in [0.15, 0.2) is 5.96 Å². The lowest BCUT2D eigenvalue weighted by Gasteiger charge is -2.39. The first-order valence-electron chi connectivity index (χ1n) is 10.4. The van der Waals surface area contributed by atoms with E-state index in [0.29, 0.717) is 6.04 Å². The molecule has 1 aliphatic carbocycles. The van der Waals surface area contributed by atoms with E-state index in [2.05, 4.69) is 42.2 Å². The van der Waals surface area contributed by atoms with Gasteiger partial charge in [0.05, 0.1) is 0 Å². The third kappa shape index (κ3) is 5.19. The molecular formula is C19H35N7. The summed E-state index contributed by atoms with van der Waals surface area (Å²) in [6.45, 7) is 6.23. The molecule has 0 aromatic carbocycles. The number of rotatable bonds is 6. The third-order valence-electron chi connectivity index (χ3n) is 5.84. The fourth-order valence-corrected chi connectivity index (χ4v) is 4.28. The van der Waals surface area contributed by atoms with Crippen molar-refractivity contribution in [3.63, 3.8) is 0 Å². The lowest BCUT2D eigenvalue weighted by Crippen LogP contribution is -2.51. The Bertz CT molecular complexity index is 554. The van der Waals surface area contributed by atoms with Crippen molar-refractivity contribution in [1.29, 1.82) is 0 Å². The molecule has 0 amide bonds. The Morgan fingerprint density at radius 1 is 1.19 bits per heavy atom. The SMILES string of the molecule is CCc1nncn1CCNC(=NC)NC1CCN(C2CCCCC2)CC1. The van der Waals surface area contributed by atoms with Crippen LogP contribution in [0.15, 0.2) is 11.3 Å². The van der Waals surface area contributed by atoms with Gasteiger partial charge in [-0.25, -0.2) is 0 Å². The van der Waals surface area contributed by atoms with Crippen LogP contribution >= 0.6 is 0 Å². The molecule has 1 saturated heterocycles. The van der Waals surface area contributed by atoms with E-state index in [9.17, 15) is 0 Å². The second-order valence-electron chi connectivity index (χ2n) is 7.54. The Labute approximate surface area is 157 Å². The quantitative estimate of drug-likeness (QED) is 0.597. The normalized spacial score (nSPS) is 21.1. The number of aliphatic imine (C=N–C) groups is 1. The maximum absolute atomic E-state index is 4.39. The molecule has 0 bridgehead atoms. The minimum atomic E-state index is 0.530. The maximum Gasteiger partial charge on any atom is 0.191 e. The Hall–Kier alpha value is -1.63. The molecule has 2 fully saturated rings. The van der Waals surface area contributed by atoms with Crippen molar-refractivity contribution in [2.45, 2.75) is 76.9 Å². The predicted molar refractivity (Wildman–Crippen MR) is 105 cm³/mol. The smallest absolute Gasteiger partial charge is 0.191 e. The summed E-state index contributed by atoms with van der Waals surface area (Å²) >= 11 is 0. The average Bonchev–Trinajstić information content (AvgIpc) is 3.16. The number of guanidine groups is 1. The van der Waals surface area contributed by atoms with E-state index in [0.717, 1.165) is 37.3 Å². The van der Waals surface area contributed by atoms with E-state index in [1.807, 2.05) is 7.05 Å². The minimum Gasteiger partial charge on any atom is -0.355 e. The fourth-order valence-electron chi connectivity index (χ4n) is 4.28. The monoisotopic (exact) mass is 361 g/mol. The van der Waals surface area contributed by atoms with Gasteiger partial charge in [-0.15, -0.1) is 10.2 Å². The molecule has 0 spiro atoms. The summed E-state index contributed by atoms with van der Waals surface area (Å²) < 4.78 is 2.10. The van der Waals surface area contributed by atoms with Gasteiger partial charge in [0.2, 0.25) is 0 Å². The molecule has 2 aliphatic rings. The molecular weight excluding hydrogens is 326 g/mol. The lowest BCUT2D eigenvalue weighted by atomic mass is 9.92. The molecule has 1 saturated carbocycles. The summed E-state index contributed by atoms with van der Waals surface area (Å²) in [5.41, 5.74) is 0. The molecule has 0 unspecified atom stereocenters. The van der Waals surface area contributed by atoms with Crippen LogP contribution in [0.2, 0.25) is 0 Å². The first-order valence-corrected chi connectivity index (χ1v) is 10.4. The number of hydrogen-bond acceptors (Lipinski definition) is 4. The highest BCUT2D eigenvalue weighted by molar-refractivity contribution is 5.79. The van der Waals surface area contributed by atoms with Crippen LogP contribution in [-0.2, 0) is 13.0 Å². The van der Waals surface area contributed by atoms with E-state index in [-0.39, 0.29) is 0 Å². The number of aromatic nitrogens is 3. The van der Waals surface area contributed by atoms with Gasteiger partial charge in [0.1, 0.15) is 12.2 Å².